The molecule has 7 nitrogen and oxygen atoms in total. The average Bonchev–Trinajstić information content (AvgIpc) is 3.47. The predicted molar refractivity (Wildman–Crippen MR) is 130 cm³/mol. The summed E-state index contributed by atoms with van der Waals surface area (Å²) in [5.74, 6) is -1.08. The van der Waals surface area contributed by atoms with Gasteiger partial charge in [-0.25, -0.2) is 4.79 Å². The monoisotopic (exact) mass is 473 g/mol. The number of benzene rings is 3. The lowest BCUT2D eigenvalue weighted by Gasteiger charge is -2.20. The van der Waals surface area contributed by atoms with Crippen LogP contribution in [0.15, 0.2) is 66.7 Å². The molecule has 0 radical (unpaired) electrons. The van der Waals surface area contributed by atoms with Gasteiger partial charge in [0.05, 0.1) is 20.1 Å². The smallest absolute Gasteiger partial charge is 0.409 e. The quantitative estimate of drug-likeness (QED) is 0.556. The number of carbonyl (C=O) groups excluding carboxylic acids is 1. The molecule has 3 aromatic carbocycles. The second kappa shape index (κ2) is 9.33. The van der Waals surface area contributed by atoms with E-state index in [1.54, 1.807) is 32.4 Å². The number of carboxylic acids is 1. The molecule has 7 heteroatoms. The molecule has 1 aliphatic heterocycles. The highest BCUT2D eigenvalue weighted by molar-refractivity contribution is 5.79. The van der Waals surface area contributed by atoms with E-state index >= 15 is 0 Å². The molecular formula is C28H27NO6. The minimum Gasteiger partial charge on any atom is -0.497 e. The SMILES string of the molecule is COc1ccc(OC)c([C@@H]2CN(C(=O)OCC3c4ccccc4-c4ccccc43)C[C@H]2C(=O)O)c1. The molecular weight excluding hydrogens is 446 g/mol. The fraction of sp³-hybridized carbons (Fsp3) is 0.286. The number of amides is 1. The van der Waals surface area contributed by atoms with Gasteiger partial charge >= 0.3 is 12.1 Å². The highest BCUT2D eigenvalue weighted by Gasteiger charge is 2.43. The van der Waals surface area contributed by atoms with E-state index in [9.17, 15) is 14.7 Å². The van der Waals surface area contributed by atoms with Gasteiger partial charge in [0.15, 0.2) is 0 Å². The van der Waals surface area contributed by atoms with E-state index in [0.29, 0.717) is 17.1 Å². The molecule has 1 fully saturated rings. The fourth-order valence-corrected chi connectivity index (χ4v) is 5.33. The first kappa shape index (κ1) is 22.8. The van der Waals surface area contributed by atoms with Crippen LogP contribution >= 0.6 is 0 Å². The molecule has 180 valence electrons. The van der Waals surface area contributed by atoms with Crippen LogP contribution in [-0.4, -0.2) is 56.0 Å². The largest absolute Gasteiger partial charge is 0.497 e. The average molecular weight is 474 g/mol. The summed E-state index contributed by atoms with van der Waals surface area (Å²) in [6.45, 7) is 0.475. The summed E-state index contributed by atoms with van der Waals surface area (Å²) >= 11 is 0. The van der Waals surface area contributed by atoms with E-state index in [2.05, 4.69) is 24.3 Å². The minimum atomic E-state index is -0.964. The number of rotatable bonds is 6. The Kier molecular flexibility index (Phi) is 6.07. The van der Waals surface area contributed by atoms with Gasteiger partial charge in [-0.05, 0) is 40.5 Å². The van der Waals surface area contributed by atoms with E-state index in [1.165, 1.54) is 4.90 Å². The Morgan fingerprint density at radius 3 is 2.14 bits per heavy atom. The Bertz CT molecular complexity index is 1230. The first-order valence-electron chi connectivity index (χ1n) is 11.6. The number of carbonyl (C=O) groups is 2. The molecule has 2 aliphatic rings. The van der Waals surface area contributed by atoms with Crippen molar-refractivity contribution in [2.45, 2.75) is 11.8 Å². The van der Waals surface area contributed by atoms with Crippen LogP contribution < -0.4 is 9.47 Å². The van der Waals surface area contributed by atoms with Gasteiger partial charge < -0.3 is 24.2 Å². The van der Waals surface area contributed by atoms with Crippen molar-refractivity contribution in [3.63, 3.8) is 0 Å². The Morgan fingerprint density at radius 1 is 0.886 bits per heavy atom. The molecule has 3 aromatic rings. The van der Waals surface area contributed by atoms with E-state index in [-0.39, 0.29) is 25.6 Å². The first-order valence-corrected chi connectivity index (χ1v) is 11.6. The number of hydrogen-bond acceptors (Lipinski definition) is 5. The Labute approximate surface area is 203 Å². The molecule has 0 saturated carbocycles. The van der Waals surface area contributed by atoms with Crippen LogP contribution in [0.2, 0.25) is 0 Å². The van der Waals surface area contributed by atoms with Gasteiger partial charge in [-0.1, -0.05) is 48.5 Å². The highest BCUT2D eigenvalue weighted by Crippen LogP contribution is 2.45. The van der Waals surface area contributed by atoms with Gasteiger partial charge in [-0.3, -0.25) is 4.79 Å². The van der Waals surface area contributed by atoms with Crippen LogP contribution in [-0.2, 0) is 9.53 Å². The summed E-state index contributed by atoms with van der Waals surface area (Å²) in [6, 6.07) is 21.6. The molecule has 5 rings (SSSR count). The third-order valence-corrected chi connectivity index (χ3v) is 7.07. The summed E-state index contributed by atoms with van der Waals surface area (Å²) in [4.78, 5) is 26.7. The molecule has 1 heterocycles. The zero-order valence-electron chi connectivity index (χ0n) is 19.6. The van der Waals surface area contributed by atoms with Crippen LogP contribution in [0.3, 0.4) is 0 Å². The van der Waals surface area contributed by atoms with E-state index in [0.717, 1.165) is 22.3 Å². The maximum atomic E-state index is 13.1. The molecule has 1 N–H and O–H groups in total. The second-order valence-corrected chi connectivity index (χ2v) is 8.87. The number of hydrogen-bond donors (Lipinski definition) is 1. The Morgan fingerprint density at radius 2 is 1.54 bits per heavy atom. The summed E-state index contributed by atoms with van der Waals surface area (Å²) in [6.07, 6.45) is -0.512. The lowest BCUT2D eigenvalue weighted by Crippen LogP contribution is -2.31. The zero-order chi connectivity index (χ0) is 24.5. The summed E-state index contributed by atoms with van der Waals surface area (Å²) in [7, 11) is 3.09. The van der Waals surface area contributed by atoms with Crippen LogP contribution in [0, 0.1) is 5.92 Å². The molecule has 2 atom stereocenters. The third-order valence-electron chi connectivity index (χ3n) is 7.07. The predicted octanol–water partition coefficient (Wildman–Crippen LogP) is 4.75. The summed E-state index contributed by atoms with van der Waals surface area (Å²) in [5.41, 5.74) is 5.27. The molecule has 35 heavy (non-hydrogen) atoms. The summed E-state index contributed by atoms with van der Waals surface area (Å²) in [5, 5.41) is 9.90. The normalized spacial score (nSPS) is 18.6. The van der Waals surface area contributed by atoms with Gasteiger partial charge in [0.1, 0.15) is 18.1 Å². The van der Waals surface area contributed by atoms with E-state index in [4.69, 9.17) is 14.2 Å². The van der Waals surface area contributed by atoms with Crippen molar-refractivity contribution in [1.29, 1.82) is 0 Å². The van der Waals surface area contributed by atoms with E-state index in [1.807, 2.05) is 24.3 Å². The number of likely N-dealkylation sites (tertiary alicyclic amines) is 1. The van der Waals surface area contributed by atoms with Crippen LogP contribution in [0.1, 0.15) is 28.5 Å². The lowest BCUT2D eigenvalue weighted by molar-refractivity contribution is -0.141. The number of fused-ring (bicyclic) bond motifs is 3. The maximum absolute atomic E-state index is 13.1. The number of aliphatic carboxylic acids is 1. The second-order valence-electron chi connectivity index (χ2n) is 8.87. The Balaban J connectivity index is 1.35. The van der Waals surface area contributed by atoms with Crippen LogP contribution in [0.5, 0.6) is 11.5 Å². The van der Waals surface area contributed by atoms with E-state index < -0.39 is 23.9 Å². The molecule has 0 bridgehead atoms. The molecule has 0 aromatic heterocycles. The van der Waals surface area contributed by atoms with Crippen molar-refractivity contribution in [2.75, 3.05) is 33.9 Å². The van der Waals surface area contributed by atoms with Crippen molar-refractivity contribution < 1.29 is 28.9 Å². The molecule has 1 amide bonds. The van der Waals surface area contributed by atoms with Gasteiger partial charge in [0.2, 0.25) is 0 Å². The van der Waals surface area contributed by atoms with Crippen molar-refractivity contribution in [2.24, 2.45) is 5.92 Å². The van der Waals surface area contributed by atoms with Crippen molar-refractivity contribution in [3.8, 4) is 22.6 Å². The van der Waals surface area contributed by atoms with Gasteiger partial charge in [-0.15, -0.1) is 0 Å². The number of methoxy groups -OCH3 is 2. The summed E-state index contributed by atoms with van der Waals surface area (Å²) < 4.78 is 16.6. The molecule has 1 saturated heterocycles. The maximum Gasteiger partial charge on any atom is 0.409 e. The Hall–Kier alpha value is -4.00. The van der Waals surface area contributed by atoms with Gasteiger partial charge in [0.25, 0.3) is 0 Å². The van der Waals surface area contributed by atoms with Crippen LogP contribution in [0.25, 0.3) is 11.1 Å². The van der Waals surface area contributed by atoms with Gasteiger partial charge in [-0.2, -0.15) is 0 Å². The zero-order valence-corrected chi connectivity index (χ0v) is 19.6. The van der Waals surface area contributed by atoms with Gasteiger partial charge in [0, 0.05) is 30.5 Å². The third kappa shape index (κ3) is 4.07. The van der Waals surface area contributed by atoms with Crippen molar-refractivity contribution >= 4 is 12.1 Å². The topological polar surface area (TPSA) is 85.3 Å². The van der Waals surface area contributed by atoms with Crippen molar-refractivity contribution in [1.82, 2.24) is 4.90 Å². The first-order chi connectivity index (χ1) is 17.0. The molecule has 0 unspecified atom stereocenters. The highest BCUT2D eigenvalue weighted by atomic mass is 16.6. The van der Waals surface area contributed by atoms with Crippen molar-refractivity contribution in [3.05, 3.63) is 83.4 Å². The number of carboxylic acid groups (broad SMARTS) is 1. The molecule has 0 spiro atoms. The number of nitrogens with zero attached hydrogens (tertiary/aromatic N) is 1. The van der Waals surface area contributed by atoms with Crippen LogP contribution in [0.4, 0.5) is 4.79 Å². The number of ether oxygens (including phenoxy) is 3. The molecule has 1 aliphatic carbocycles. The minimum absolute atomic E-state index is 0.0569. The standard InChI is InChI=1S/C28H27NO6/c1-33-17-11-12-26(34-2)22(13-17)23-14-29(15-24(23)27(30)31)28(32)35-16-25-20-9-5-3-7-18(20)19-8-4-6-10-21(19)25/h3-13,23-25H,14-16H2,1-2H3,(H,30,31)/t23-,24+/m0/s1. The lowest BCUT2D eigenvalue weighted by atomic mass is 9.88. The fourth-order valence-electron chi connectivity index (χ4n) is 5.33.